The van der Waals surface area contributed by atoms with Gasteiger partial charge >= 0.3 is 6.03 Å². The minimum absolute atomic E-state index is 0.226. The normalized spacial score (nSPS) is 13.6. The van der Waals surface area contributed by atoms with Gasteiger partial charge in [0.05, 0.1) is 23.8 Å². The highest BCUT2D eigenvalue weighted by Gasteiger charge is 2.22. The fourth-order valence-electron chi connectivity index (χ4n) is 3.49. The Morgan fingerprint density at radius 1 is 1.06 bits per heavy atom. The molecule has 2 amide bonds. The van der Waals surface area contributed by atoms with E-state index in [1.807, 2.05) is 43.3 Å². The maximum absolute atomic E-state index is 11.8. The number of urea groups is 1. The van der Waals surface area contributed by atoms with Crippen molar-refractivity contribution in [3.05, 3.63) is 48.8 Å². The van der Waals surface area contributed by atoms with Crippen LogP contribution >= 0.6 is 11.8 Å². The van der Waals surface area contributed by atoms with Crippen molar-refractivity contribution in [3.63, 3.8) is 0 Å². The van der Waals surface area contributed by atoms with Crippen molar-refractivity contribution in [3.8, 4) is 22.6 Å². The lowest BCUT2D eigenvalue weighted by Crippen LogP contribution is -2.37. The summed E-state index contributed by atoms with van der Waals surface area (Å²) in [6.07, 6.45) is 5.60. The van der Waals surface area contributed by atoms with Gasteiger partial charge in [-0.05, 0) is 49.6 Å². The number of morpholine rings is 1. The maximum atomic E-state index is 11.8. The fourth-order valence-corrected chi connectivity index (χ4v) is 4.20. The Bertz CT molecular complexity index is 1060. The van der Waals surface area contributed by atoms with Crippen LogP contribution < -0.4 is 15.5 Å². The highest BCUT2D eigenvalue weighted by atomic mass is 32.2. The van der Waals surface area contributed by atoms with Crippen LogP contribution in [0.5, 0.6) is 0 Å². The number of rotatable bonds is 6. The van der Waals surface area contributed by atoms with Gasteiger partial charge in [-0.25, -0.2) is 14.8 Å². The standard InChI is InChI=1S/C23H26N6O2S/c1-3-25-23(30)26-18-6-4-17(5-7-18)21-27-19(16-8-10-24-11-9-16)20(32-2)22(28-21)29-12-14-31-15-13-29/h4-11H,3,12-15H2,1-2H3,(H2,25,26,30). The van der Waals surface area contributed by atoms with E-state index in [1.54, 1.807) is 24.2 Å². The number of anilines is 2. The molecule has 8 nitrogen and oxygen atoms in total. The second kappa shape index (κ2) is 10.4. The Morgan fingerprint density at radius 3 is 2.44 bits per heavy atom. The molecule has 1 aliphatic rings. The van der Waals surface area contributed by atoms with Gasteiger partial charge in [-0.2, -0.15) is 0 Å². The van der Waals surface area contributed by atoms with Crippen molar-refractivity contribution in [1.29, 1.82) is 0 Å². The first-order valence-corrected chi connectivity index (χ1v) is 11.8. The van der Waals surface area contributed by atoms with Crippen LogP contribution in [0.4, 0.5) is 16.3 Å². The molecule has 2 N–H and O–H groups in total. The van der Waals surface area contributed by atoms with E-state index >= 15 is 0 Å². The Morgan fingerprint density at radius 2 is 1.78 bits per heavy atom. The zero-order valence-corrected chi connectivity index (χ0v) is 19.0. The maximum Gasteiger partial charge on any atom is 0.319 e. The lowest BCUT2D eigenvalue weighted by molar-refractivity contribution is 0.122. The first-order chi connectivity index (χ1) is 15.7. The van der Waals surface area contributed by atoms with Crippen LogP contribution in [0.15, 0.2) is 53.7 Å². The number of pyridine rings is 1. The number of thioether (sulfide) groups is 1. The fraction of sp³-hybridized carbons (Fsp3) is 0.304. The number of carbonyl (C=O) groups is 1. The van der Waals surface area contributed by atoms with Gasteiger partial charge < -0.3 is 20.3 Å². The van der Waals surface area contributed by atoms with Gasteiger partial charge in [0.2, 0.25) is 0 Å². The summed E-state index contributed by atoms with van der Waals surface area (Å²) in [7, 11) is 0. The lowest BCUT2D eigenvalue weighted by atomic mass is 10.1. The lowest BCUT2D eigenvalue weighted by Gasteiger charge is -2.30. The quantitative estimate of drug-likeness (QED) is 0.550. The zero-order valence-electron chi connectivity index (χ0n) is 18.2. The van der Waals surface area contributed by atoms with Crippen LogP contribution in [0, 0.1) is 0 Å². The number of hydrogen-bond donors (Lipinski definition) is 2. The molecule has 0 unspecified atom stereocenters. The average molecular weight is 451 g/mol. The summed E-state index contributed by atoms with van der Waals surface area (Å²) in [4.78, 5) is 29.1. The number of carbonyl (C=O) groups excluding carboxylic acids is 1. The molecule has 32 heavy (non-hydrogen) atoms. The Balaban J connectivity index is 1.75. The number of ether oxygens (including phenoxy) is 1. The van der Waals surface area contributed by atoms with E-state index in [-0.39, 0.29) is 6.03 Å². The van der Waals surface area contributed by atoms with Gasteiger partial charge in [0, 0.05) is 48.8 Å². The van der Waals surface area contributed by atoms with Crippen LogP contribution in [0.25, 0.3) is 22.6 Å². The van der Waals surface area contributed by atoms with E-state index < -0.39 is 0 Å². The number of nitrogens with one attached hydrogen (secondary N) is 2. The summed E-state index contributed by atoms with van der Waals surface area (Å²) in [6.45, 7) is 5.38. The summed E-state index contributed by atoms with van der Waals surface area (Å²) in [5.74, 6) is 1.56. The van der Waals surface area contributed by atoms with E-state index in [0.29, 0.717) is 31.3 Å². The van der Waals surface area contributed by atoms with Crippen LogP contribution in [0.2, 0.25) is 0 Å². The van der Waals surface area contributed by atoms with E-state index in [1.165, 1.54) is 0 Å². The Kier molecular flexibility index (Phi) is 7.18. The Hall–Kier alpha value is -3.17. The van der Waals surface area contributed by atoms with E-state index in [2.05, 4.69) is 26.8 Å². The number of aromatic nitrogens is 3. The molecule has 1 saturated heterocycles. The third kappa shape index (κ3) is 5.00. The molecule has 0 saturated carbocycles. The number of benzene rings is 1. The highest BCUT2D eigenvalue weighted by Crippen LogP contribution is 2.37. The highest BCUT2D eigenvalue weighted by molar-refractivity contribution is 7.98. The van der Waals surface area contributed by atoms with Crippen molar-refractivity contribution >= 4 is 29.3 Å². The molecule has 1 aromatic carbocycles. The predicted octanol–water partition coefficient (Wildman–Crippen LogP) is 3.91. The molecule has 0 aliphatic carbocycles. The molecule has 0 atom stereocenters. The summed E-state index contributed by atoms with van der Waals surface area (Å²) < 4.78 is 5.55. The molecular formula is C23H26N6O2S. The smallest absolute Gasteiger partial charge is 0.319 e. The van der Waals surface area contributed by atoms with Gasteiger partial charge in [0.15, 0.2) is 5.82 Å². The largest absolute Gasteiger partial charge is 0.378 e. The third-order valence-corrected chi connectivity index (χ3v) is 5.84. The SMILES string of the molecule is CCNC(=O)Nc1ccc(-c2nc(-c3ccncc3)c(SC)c(N3CCOCC3)n2)cc1. The minimum Gasteiger partial charge on any atom is -0.378 e. The molecule has 9 heteroatoms. The summed E-state index contributed by atoms with van der Waals surface area (Å²) in [5, 5.41) is 5.54. The molecule has 1 fully saturated rings. The Labute approximate surface area is 191 Å². The summed E-state index contributed by atoms with van der Waals surface area (Å²) >= 11 is 1.65. The molecule has 166 valence electrons. The minimum atomic E-state index is -0.226. The van der Waals surface area contributed by atoms with Crippen LogP contribution in [0.1, 0.15) is 6.92 Å². The van der Waals surface area contributed by atoms with Crippen molar-refractivity contribution in [1.82, 2.24) is 20.3 Å². The monoisotopic (exact) mass is 450 g/mol. The molecular weight excluding hydrogens is 424 g/mol. The van der Waals surface area contributed by atoms with Crippen molar-refractivity contribution in [2.75, 3.05) is 49.3 Å². The van der Waals surface area contributed by atoms with Gasteiger partial charge in [-0.15, -0.1) is 11.8 Å². The van der Waals surface area contributed by atoms with Gasteiger partial charge in [-0.3, -0.25) is 4.98 Å². The number of amides is 2. The first kappa shape index (κ1) is 22.0. The molecule has 4 rings (SSSR count). The van der Waals surface area contributed by atoms with E-state index in [4.69, 9.17) is 14.7 Å². The van der Waals surface area contributed by atoms with Gasteiger partial charge in [0.1, 0.15) is 5.82 Å². The average Bonchev–Trinajstić information content (AvgIpc) is 2.85. The van der Waals surface area contributed by atoms with E-state index in [0.717, 1.165) is 40.6 Å². The van der Waals surface area contributed by atoms with Crippen LogP contribution in [-0.4, -0.2) is 60.1 Å². The van der Waals surface area contributed by atoms with E-state index in [9.17, 15) is 4.79 Å². The van der Waals surface area contributed by atoms with Gasteiger partial charge in [0.25, 0.3) is 0 Å². The summed E-state index contributed by atoms with van der Waals surface area (Å²) in [6, 6.07) is 11.3. The first-order valence-electron chi connectivity index (χ1n) is 10.5. The second-order valence-corrected chi connectivity index (χ2v) is 7.97. The zero-order chi connectivity index (χ0) is 22.3. The van der Waals surface area contributed by atoms with Gasteiger partial charge in [-0.1, -0.05) is 0 Å². The molecule has 0 bridgehead atoms. The molecule has 3 aromatic rings. The molecule has 2 aromatic heterocycles. The topological polar surface area (TPSA) is 92.3 Å². The number of nitrogens with zero attached hydrogens (tertiary/aromatic N) is 4. The second-order valence-electron chi connectivity index (χ2n) is 7.15. The molecule has 3 heterocycles. The molecule has 0 spiro atoms. The number of hydrogen-bond acceptors (Lipinski definition) is 7. The van der Waals surface area contributed by atoms with Crippen molar-refractivity contribution in [2.24, 2.45) is 0 Å². The molecule has 0 radical (unpaired) electrons. The molecule has 1 aliphatic heterocycles. The van der Waals surface area contributed by atoms with Crippen LogP contribution in [-0.2, 0) is 4.74 Å². The predicted molar refractivity (Wildman–Crippen MR) is 128 cm³/mol. The van der Waals surface area contributed by atoms with Crippen molar-refractivity contribution < 1.29 is 9.53 Å². The van der Waals surface area contributed by atoms with Crippen molar-refractivity contribution in [2.45, 2.75) is 11.8 Å². The summed E-state index contributed by atoms with van der Waals surface area (Å²) in [5.41, 5.74) is 3.47. The third-order valence-electron chi connectivity index (χ3n) is 5.05. The van der Waals surface area contributed by atoms with Crippen LogP contribution in [0.3, 0.4) is 0 Å².